The zero-order valence-electron chi connectivity index (χ0n) is 9.56. The van der Waals surface area contributed by atoms with Crippen LogP contribution in [0.15, 0.2) is 46.9 Å². The van der Waals surface area contributed by atoms with E-state index in [0.717, 1.165) is 15.7 Å². The highest BCUT2D eigenvalue weighted by atomic mass is 79.9. The molecular formula is C14H11BrN2O. The highest BCUT2D eigenvalue weighted by Gasteiger charge is 2.04. The summed E-state index contributed by atoms with van der Waals surface area (Å²) in [6.07, 6.45) is 0. The lowest BCUT2D eigenvalue weighted by atomic mass is 10.2. The third-order valence-electron chi connectivity index (χ3n) is 2.44. The number of hydrogen-bond acceptors (Lipinski definition) is 3. The van der Waals surface area contributed by atoms with Gasteiger partial charge in [0.15, 0.2) is 0 Å². The largest absolute Gasteiger partial charge is 0.488 e. The van der Waals surface area contributed by atoms with Gasteiger partial charge in [-0.3, -0.25) is 0 Å². The van der Waals surface area contributed by atoms with E-state index in [1.807, 2.05) is 30.3 Å². The highest BCUT2D eigenvalue weighted by molar-refractivity contribution is 9.10. The molecule has 0 bridgehead atoms. The number of anilines is 1. The second kappa shape index (κ2) is 5.56. The van der Waals surface area contributed by atoms with E-state index in [0.29, 0.717) is 17.9 Å². The minimum absolute atomic E-state index is 0.413. The molecule has 2 N–H and O–H groups in total. The van der Waals surface area contributed by atoms with E-state index in [1.165, 1.54) is 0 Å². The van der Waals surface area contributed by atoms with E-state index in [2.05, 4.69) is 22.0 Å². The van der Waals surface area contributed by atoms with Crippen molar-refractivity contribution in [2.45, 2.75) is 6.61 Å². The smallest absolute Gasteiger partial charge is 0.137 e. The molecule has 0 aliphatic rings. The predicted octanol–water partition coefficient (Wildman–Crippen LogP) is 3.48. The lowest BCUT2D eigenvalue weighted by Crippen LogP contribution is -1.97. The summed E-state index contributed by atoms with van der Waals surface area (Å²) in [5.74, 6) is 0.581. The fourth-order valence-corrected chi connectivity index (χ4v) is 1.85. The molecule has 4 heteroatoms. The number of rotatable bonds is 3. The molecule has 18 heavy (non-hydrogen) atoms. The molecule has 0 amide bonds. The predicted molar refractivity (Wildman–Crippen MR) is 74.0 cm³/mol. The van der Waals surface area contributed by atoms with Crippen molar-refractivity contribution in [2.24, 2.45) is 0 Å². The molecule has 0 atom stereocenters. The number of hydrogen-bond donors (Lipinski definition) is 1. The van der Waals surface area contributed by atoms with Crippen molar-refractivity contribution in [3.05, 3.63) is 58.1 Å². The zero-order chi connectivity index (χ0) is 13.0. The van der Waals surface area contributed by atoms with Gasteiger partial charge in [0.1, 0.15) is 18.4 Å². The molecule has 90 valence electrons. The maximum Gasteiger partial charge on any atom is 0.137 e. The first-order valence-electron chi connectivity index (χ1n) is 5.36. The van der Waals surface area contributed by atoms with Crippen molar-refractivity contribution < 1.29 is 4.74 Å². The maximum absolute atomic E-state index is 9.01. The Morgan fingerprint density at radius 3 is 2.56 bits per heavy atom. The zero-order valence-corrected chi connectivity index (χ0v) is 11.1. The molecule has 2 aromatic rings. The number of benzene rings is 2. The van der Waals surface area contributed by atoms with Gasteiger partial charge >= 0.3 is 0 Å². The molecule has 0 heterocycles. The topological polar surface area (TPSA) is 59.0 Å². The Balaban J connectivity index is 2.11. The average Bonchev–Trinajstić information content (AvgIpc) is 2.39. The van der Waals surface area contributed by atoms with Crippen LogP contribution in [0.4, 0.5) is 5.69 Å². The minimum atomic E-state index is 0.413. The molecule has 0 aromatic heterocycles. The van der Waals surface area contributed by atoms with Crippen molar-refractivity contribution in [2.75, 3.05) is 5.73 Å². The van der Waals surface area contributed by atoms with Gasteiger partial charge in [0, 0.05) is 10.2 Å². The Hall–Kier alpha value is -1.99. The van der Waals surface area contributed by atoms with Crippen LogP contribution in [0.2, 0.25) is 0 Å². The minimum Gasteiger partial charge on any atom is -0.488 e. The maximum atomic E-state index is 9.01. The van der Waals surface area contributed by atoms with Gasteiger partial charge in [-0.2, -0.15) is 5.26 Å². The molecule has 0 fully saturated rings. The first-order chi connectivity index (χ1) is 8.69. The van der Waals surface area contributed by atoms with Crippen LogP contribution in [-0.2, 0) is 6.61 Å². The lowest BCUT2D eigenvalue weighted by Gasteiger charge is -2.08. The number of nitrogens with zero attached hydrogens (tertiary/aromatic N) is 1. The van der Waals surface area contributed by atoms with Crippen molar-refractivity contribution >= 4 is 21.6 Å². The Kier molecular flexibility index (Phi) is 3.85. The van der Waals surface area contributed by atoms with E-state index in [1.54, 1.807) is 12.1 Å². The van der Waals surface area contributed by atoms with Gasteiger partial charge in [0.2, 0.25) is 0 Å². The van der Waals surface area contributed by atoms with Crippen LogP contribution < -0.4 is 10.5 Å². The molecular weight excluding hydrogens is 292 g/mol. The Morgan fingerprint density at radius 2 is 1.89 bits per heavy atom. The number of halogens is 1. The number of nitriles is 1. The van der Waals surface area contributed by atoms with Crippen LogP contribution in [0.5, 0.6) is 5.75 Å². The van der Waals surface area contributed by atoms with Gasteiger partial charge in [-0.1, -0.05) is 28.1 Å². The van der Waals surface area contributed by atoms with Crippen LogP contribution in [0.3, 0.4) is 0 Å². The van der Waals surface area contributed by atoms with Gasteiger partial charge < -0.3 is 10.5 Å². The van der Waals surface area contributed by atoms with Gasteiger partial charge in [0.05, 0.1) is 5.56 Å². The summed E-state index contributed by atoms with van der Waals surface area (Å²) in [7, 11) is 0. The van der Waals surface area contributed by atoms with Crippen LogP contribution in [0.25, 0.3) is 0 Å². The Bertz CT molecular complexity index is 588. The normalized spacial score (nSPS) is 9.78. The summed E-state index contributed by atoms with van der Waals surface area (Å²) in [6.45, 7) is 0.413. The van der Waals surface area contributed by atoms with Gasteiger partial charge in [0.25, 0.3) is 0 Å². The molecule has 3 nitrogen and oxygen atoms in total. The fourth-order valence-electron chi connectivity index (χ4n) is 1.49. The van der Waals surface area contributed by atoms with Crippen molar-refractivity contribution in [3.63, 3.8) is 0 Å². The average molecular weight is 303 g/mol. The van der Waals surface area contributed by atoms with Crippen molar-refractivity contribution in [3.8, 4) is 11.8 Å². The Labute approximate surface area is 114 Å². The second-order valence-electron chi connectivity index (χ2n) is 3.78. The Morgan fingerprint density at radius 1 is 1.17 bits per heavy atom. The van der Waals surface area contributed by atoms with E-state index in [4.69, 9.17) is 15.7 Å². The van der Waals surface area contributed by atoms with E-state index < -0.39 is 0 Å². The summed E-state index contributed by atoms with van der Waals surface area (Å²) in [4.78, 5) is 0. The van der Waals surface area contributed by atoms with Gasteiger partial charge in [-0.15, -0.1) is 0 Å². The van der Waals surface area contributed by atoms with Crippen molar-refractivity contribution in [1.82, 2.24) is 0 Å². The summed E-state index contributed by atoms with van der Waals surface area (Å²) >= 11 is 3.32. The number of nitrogens with two attached hydrogens (primary N) is 1. The van der Waals surface area contributed by atoms with Gasteiger partial charge in [-0.05, 0) is 35.9 Å². The van der Waals surface area contributed by atoms with Crippen LogP contribution >= 0.6 is 15.9 Å². The number of nitrogen functional groups attached to an aromatic ring is 1. The quantitative estimate of drug-likeness (QED) is 0.883. The molecule has 0 radical (unpaired) electrons. The van der Waals surface area contributed by atoms with E-state index in [-0.39, 0.29) is 0 Å². The first-order valence-corrected chi connectivity index (χ1v) is 6.15. The third-order valence-corrected chi connectivity index (χ3v) is 2.93. The van der Waals surface area contributed by atoms with Gasteiger partial charge in [-0.25, -0.2) is 0 Å². The van der Waals surface area contributed by atoms with Crippen molar-refractivity contribution in [1.29, 1.82) is 5.26 Å². The highest BCUT2D eigenvalue weighted by Crippen LogP contribution is 2.23. The third kappa shape index (κ3) is 3.02. The van der Waals surface area contributed by atoms with E-state index >= 15 is 0 Å². The van der Waals surface area contributed by atoms with E-state index in [9.17, 15) is 0 Å². The summed E-state index contributed by atoms with van der Waals surface area (Å²) in [6, 6.07) is 14.9. The molecule has 0 spiro atoms. The molecule has 2 rings (SSSR count). The van der Waals surface area contributed by atoms with Crippen LogP contribution in [-0.4, -0.2) is 0 Å². The standard InChI is InChI=1S/C14H11BrN2O/c15-12-3-6-14(11(7-12)8-16)18-9-10-1-4-13(17)5-2-10/h1-7H,9,17H2. The number of ether oxygens (including phenoxy) is 1. The molecule has 0 aliphatic heterocycles. The SMILES string of the molecule is N#Cc1cc(Br)ccc1OCc1ccc(N)cc1. The van der Waals surface area contributed by atoms with Crippen LogP contribution in [0.1, 0.15) is 11.1 Å². The molecule has 0 saturated heterocycles. The fraction of sp³-hybridized carbons (Fsp3) is 0.0714. The molecule has 0 saturated carbocycles. The molecule has 0 unspecified atom stereocenters. The summed E-state index contributed by atoms with van der Waals surface area (Å²) < 4.78 is 6.48. The summed E-state index contributed by atoms with van der Waals surface area (Å²) in [5.41, 5.74) is 7.85. The first kappa shape index (κ1) is 12.5. The van der Waals surface area contributed by atoms with Crippen LogP contribution in [0, 0.1) is 11.3 Å². The molecule has 2 aromatic carbocycles. The monoisotopic (exact) mass is 302 g/mol. The lowest BCUT2D eigenvalue weighted by molar-refractivity contribution is 0.305. The molecule has 0 aliphatic carbocycles. The second-order valence-corrected chi connectivity index (χ2v) is 4.70. The summed E-state index contributed by atoms with van der Waals surface area (Å²) in [5, 5.41) is 9.01.